The third-order valence-corrected chi connectivity index (χ3v) is 4.48. The fraction of sp³-hybridized carbons (Fsp3) is 0.333. The molecule has 4 nitrogen and oxygen atoms in total. The minimum absolute atomic E-state index is 0.110. The Hall–Kier alpha value is -2.75. The largest absolute Gasteiger partial charge is 0.506 e. The van der Waals surface area contributed by atoms with Crippen LogP contribution >= 0.6 is 0 Å². The minimum atomic E-state index is -4.55. The molecule has 0 saturated carbocycles. The van der Waals surface area contributed by atoms with Crippen molar-refractivity contribution in [2.45, 2.75) is 24.9 Å². The molecule has 7 heteroatoms. The Kier molecular flexibility index (Phi) is 4.53. The Balaban J connectivity index is 1.75. The van der Waals surface area contributed by atoms with Crippen molar-refractivity contribution in [3.63, 3.8) is 0 Å². The summed E-state index contributed by atoms with van der Waals surface area (Å²) in [6.45, 7) is 1.22. The summed E-state index contributed by atoms with van der Waals surface area (Å²) in [4.78, 5) is 6.11. The zero-order valence-corrected chi connectivity index (χ0v) is 13.3. The summed E-state index contributed by atoms with van der Waals surface area (Å²) in [5, 5.41) is 18.2. The molecule has 0 aliphatic carbocycles. The molecule has 0 bridgehead atoms. The molecule has 0 unspecified atom stereocenters. The van der Waals surface area contributed by atoms with Crippen LogP contribution in [0.25, 0.3) is 0 Å². The number of hydrogen-bond donors (Lipinski definition) is 1. The molecule has 2 aromatic rings. The lowest BCUT2D eigenvalue weighted by atomic mass is 9.92. The Bertz CT molecular complexity index is 789. The number of nitrogens with zero attached hydrogens (tertiary/aromatic N) is 3. The summed E-state index contributed by atoms with van der Waals surface area (Å²) in [5.74, 6) is 0.329. The van der Waals surface area contributed by atoms with Gasteiger partial charge in [0.25, 0.3) is 0 Å². The highest BCUT2D eigenvalue weighted by Crippen LogP contribution is 2.36. The van der Waals surface area contributed by atoms with Gasteiger partial charge in [0.05, 0.1) is 23.4 Å². The lowest BCUT2D eigenvalue weighted by Gasteiger charge is -2.33. The van der Waals surface area contributed by atoms with Gasteiger partial charge in [0, 0.05) is 30.4 Å². The fourth-order valence-electron chi connectivity index (χ4n) is 3.13. The normalized spacial score (nSPS) is 15.8. The van der Waals surface area contributed by atoms with Crippen LogP contribution in [0.4, 0.5) is 18.9 Å². The third kappa shape index (κ3) is 3.68. The van der Waals surface area contributed by atoms with Crippen LogP contribution in [0, 0.1) is 11.3 Å². The van der Waals surface area contributed by atoms with Crippen molar-refractivity contribution in [3.8, 4) is 11.8 Å². The van der Waals surface area contributed by atoms with Crippen LogP contribution in [0.2, 0.25) is 0 Å². The van der Waals surface area contributed by atoms with Gasteiger partial charge in [-0.3, -0.25) is 4.98 Å². The number of aromatic nitrogens is 1. The highest BCUT2D eigenvalue weighted by molar-refractivity contribution is 5.55. The van der Waals surface area contributed by atoms with Crippen LogP contribution in [0.5, 0.6) is 5.75 Å². The van der Waals surface area contributed by atoms with E-state index in [2.05, 4.69) is 4.98 Å². The molecule has 0 spiro atoms. The second kappa shape index (κ2) is 6.63. The van der Waals surface area contributed by atoms with E-state index in [1.54, 1.807) is 24.3 Å². The van der Waals surface area contributed by atoms with Crippen LogP contribution in [-0.4, -0.2) is 23.2 Å². The molecule has 2 heterocycles. The van der Waals surface area contributed by atoms with Crippen molar-refractivity contribution in [1.82, 2.24) is 4.98 Å². The van der Waals surface area contributed by atoms with Gasteiger partial charge >= 0.3 is 6.18 Å². The fourth-order valence-corrected chi connectivity index (χ4v) is 3.13. The molecule has 1 aliphatic rings. The highest BCUT2D eigenvalue weighted by Gasteiger charge is 2.34. The van der Waals surface area contributed by atoms with Gasteiger partial charge in [-0.05, 0) is 43.2 Å². The maximum atomic E-state index is 13.1. The molecule has 1 aromatic carbocycles. The van der Waals surface area contributed by atoms with Crippen LogP contribution in [0.1, 0.15) is 35.6 Å². The van der Waals surface area contributed by atoms with Gasteiger partial charge < -0.3 is 10.0 Å². The van der Waals surface area contributed by atoms with Crippen molar-refractivity contribution in [3.05, 3.63) is 53.3 Å². The van der Waals surface area contributed by atoms with E-state index < -0.39 is 11.7 Å². The molecule has 25 heavy (non-hydrogen) atoms. The molecule has 1 aromatic heterocycles. The van der Waals surface area contributed by atoms with Crippen LogP contribution < -0.4 is 4.90 Å². The van der Waals surface area contributed by atoms with Gasteiger partial charge in [-0.15, -0.1) is 0 Å². The van der Waals surface area contributed by atoms with E-state index in [1.165, 1.54) is 12.3 Å². The van der Waals surface area contributed by atoms with Gasteiger partial charge in [-0.25, -0.2) is 0 Å². The van der Waals surface area contributed by atoms with Crippen LogP contribution in [-0.2, 0) is 6.18 Å². The molecule has 0 atom stereocenters. The van der Waals surface area contributed by atoms with E-state index in [9.17, 15) is 18.3 Å². The Labute approximate surface area is 143 Å². The average Bonchev–Trinajstić information content (AvgIpc) is 2.61. The standard InChI is InChI=1S/C18H16F3N3O/c19-18(20,21)16-9-14(2-1-13(16)10-22)24-7-5-12(6-8-24)17-4-3-15(25)11-23-17/h1-4,9,11-12,25H,5-8H2. The first-order valence-corrected chi connectivity index (χ1v) is 7.89. The Morgan fingerprint density at radius 2 is 1.88 bits per heavy atom. The van der Waals surface area contributed by atoms with Crippen molar-refractivity contribution in [1.29, 1.82) is 5.26 Å². The quantitative estimate of drug-likeness (QED) is 0.890. The number of hydrogen-bond acceptors (Lipinski definition) is 4. The van der Waals surface area contributed by atoms with E-state index in [-0.39, 0.29) is 17.2 Å². The number of benzene rings is 1. The lowest BCUT2D eigenvalue weighted by Crippen LogP contribution is -2.33. The summed E-state index contributed by atoms with van der Waals surface area (Å²) in [7, 11) is 0. The molecule has 1 N–H and O–H groups in total. The molecule has 0 amide bonds. The maximum Gasteiger partial charge on any atom is 0.417 e. The van der Waals surface area contributed by atoms with Gasteiger partial charge in [0.2, 0.25) is 0 Å². The minimum Gasteiger partial charge on any atom is -0.506 e. The van der Waals surface area contributed by atoms with Gasteiger partial charge in [0.15, 0.2) is 0 Å². The lowest BCUT2D eigenvalue weighted by molar-refractivity contribution is -0.137. The highest BCUT2D eigenvalue weighted by atomic mass is 19.4. The number of rotatable bonds is 2. The van der Waals surface area contributed by atoms with E-state index in [1.807, 2.05) is 4.90 Å². The summed E-state index contributed by atoms with van der Waals surface area (Å²) in [6.07, 6.45) is -1.62. The van der Waals surface area contributed by atoms with E-state index >= 15 is 0 Å². The van der Waals surface area contributed by atoms with Crippen molar-refractivity contribution in [2.75, 3.05) is 18.0 Å². The van der Waals surface area contributed by atoms with Crippen molar-refractivity contribution in [2.24, 2.45) is 0 Å². The predicted octanol–water partition coefficient (Wildman–Crippen LogP) is 4.06. The average molecular weight is 347 g/mol. The second-order valence-corrected chi connectivity index (χ2v) is 6.04. The van der Waals surface area contributed by atoms with Gasteiger partial charge in [0.1, 0.15) is 5.75 Å². The molecule has 3 rings (SSSR count). The van der Waals surface area contributed by atoms with Crippen molar-refractivity contribution >= 4 is 5.69 Å². The van der Waals surface area contributed by atoms with E-state index in [0.717, 1.165) is 24.6 Å². The number of aromatic hydroxyl groups is 1. The zero-order valence-electron chi connectivity index (χ0n) is 13.3. The number of piperidine rings is 1. The Morgan fingerprint density at radius 3 is 2.44 bits per heavy atom. The molecule has 0 radical (unpaired) electrons. The second-order valence-electron chi connectivity index (χ2n) is 6.04. The number of nitriles is 1. The maximum absolute atomic E-state index is 13.1. The van der Waals surface area contributed by atoms with Gasteiger partial charge in [-0.1, -0.05) is 0 Å². The molecule has 1 fully saturated rings. The van der Waals surface area contributed by atoms with E-state index in [0.29, 0.717) is 18.8 Å². The zero-order chi connectivity index (χ0) is 18.0. The smallest absolute Gasteiger partial charge is 0.417 e. The third-order valence-electron chi connectivity index (χ3n) is 4.48. The summed E-state index contributed by atoms with van der Waals surface area (Å²) < 4.78 is 39.3. The number of anilines is 1. The predicted molar refractivity (Wildman–Crippen MR) is 86.2 cm³/mol. The number of halogens is 3. The molecular formula is C18H16F3N3O. The number of alkyl halides is 3. The van der Waals surface area contributed by atoms with Crippen LogP contribution in [0.15, 0.2) is 36.5 Å². The van der Waals surface area contributed by atoms with E-state index in [4.69, 9.17) is 5.26 Å². The first kappa shape index (κ1) is 17.1. The van der Waals surface area contributed by atoms with Crippen molar-refractivity contribution < 1.29 is 18.3 Å². The van der Waals surface area contributed by atoms with Gasteiger partial charge in [-0.2, -0.15) is 18.4 Å². The topological polar surface area (TPSA) is 60.2 Å². The first-order chi connectivity index (χ1) is 11.9. The summed E-state index contributed by atoms with van der Waals surface area (Å²) >= 11 is 0. The molecule has 1 saturated heterocycles. The van der Waals surface area contributed by atoms with Crippen LogP contribution in [0.3, 0.4) is 0 Å². The molecule has 1 aliphatic heterocycles. The SMILES string of the molecule is N#Cc1ccc(N2CCC(c3ccc(O)cn3)CC2)cc1C(F)(F)F. The molecular weight excluding hydrogens is 331 g/mol. The Morgan fingerprint density at radius 1 is 1.16 bits per heavy atom. The number of pyridine rings is 1. The first-order valence-electron chi connectivity index (χ1n) is 7.89. The monoisotopic (exact) mass is 347 g/mol. The summed E-state index contributed by atoms with van der Waals surface area (Å²) in [6, 6.07) is 8.81. The molecule has 130 valence electrons. The summed E-state index contributed by atoms with van der Waals surface area (Å²) in [5.41, 5.74) is 0.103.